The Kier molecular flexibility index (Phi) is 4.03. The van der Waals surface area contributed by atoms with E-state index in [4.69, 9.17) is 16.2 Å². The van der Waals surface area contributed by atoms with Gasteiger partial charge in [-0.05, 0) is 6.92 Å². The van der Waals surface area contributed by atoms with Gasteiger partial charge in [0.15, 0.2) is 0 Å². The minimum absolute atomic E-state index is 0.0870. The molecule has 4 atom stereocenters. The highest BCUT2D eigenvalue weighted by Crippen LogP contribution is 2.51. The fraction of sp³-hybridized carbons (Fsp3) is 0.857. The summed E-state index contributed by atoms with van der Waals surface area (Å²) in [5.74, 6) is -0.939. The third-order valence-electron chi connectivity index (χ3n) is 5.08. The lowest BCUT2D eigenvalue weighted by atomic mass is 9.54. The number of amides is 2. The van der Waals surface area contributed by atoms with Gasteiger partial charge in [-0.1, -0.05) is 13.8 Å². The molecular formula is C14H25N3O4. The Morgan fingerprint density at radius 2 is 2.05 bits per heavy atom. The largest absolute Gasteiger partial charge is 0.391 e. The second-order valence-corrected chi connectivity index (χ2v) is 6.61. The van der Waals surface area contributed by atoms with Crippen LogP contribution in [0.5, 0.6) is 0 Å². The van der Waals surface area contributed by atoms with Crippen LogP contribution in [0.25, 0.3) is 0 Å². The summed E-state index contributed by atoms with van der Waals surface area (Å²) in [5.41, 5.74) is 10.0. The number of nitrogens with two attached hydrogens (primary N) is 2. The molecule has 7 heteroatoms. The third-order valence-corrected chi connectivity index (χ3v) is 5.08. The van der Waals surface area contributed by atoms with Crippen LogP contribution in [-0.4, -0.2) is 58.8 Å². The smallest absolute Gasteiger partial charge is 0.244 e. The minimum atomic E-state index is -1.09. The van der Waals surface area contributed by atoms with Crippen LogP contribution in [0.2, 0.25) is 0 Å². The first-order valence-corrected chi connectivity index (χ1v) is 7.34. The molecule has 1 saturated heterocycles. The van der Waals surface area contributed by atoms with Crippen LogP contribution in [0.15, 0.2) is 0 Å². The van der Waals surface area contributed by atoms with Gasteiger partial charge in [0, 0.05) is 31.4 Å². The lowest BCUT2D eigenvalue weighted by Crippen LogP contribution is -2.76. The quantitative estimate of drug-likeness (QED) is 0.613. The Balaban J connectivity index is 2.18. The Bertz CT molecular complexity index is 454. The SMILES string of the molecule is CCOC1CC(N)(C(=O)N2CC(O)CC2C(N)=O)C1(C)C. The number of carbonyl (C=O) groups excluding carboxylic acids is 2. The Hall–Kier alpha value is -1.18. The highest BCUT2D eigenvalue weighted by atomic mass is 16.5. The normalized spacial score (nSPS) is 38.1. The molecule has 2 fully saturated rings. The molecule has 0 aromatic rings. The van der Waals surface area contributed by atoms with Crippen molar-refractivity contribution < 1.29 is 19.4 Å². The topological polar surface area (TPSA) is 119 Å². The van der Waals surface area contributed by atoms with E-state index in [0.717, 1.165) is 0 Å². The van der Waals surface area contributed by atoms with Crippen molar-refractivity contribution in [2.24, 2.45) is 16.9 Å². The van der Waals surface area contributed by atoms with Crippen LogP contribution in [0.4, 0.5) is 0 Å². The van der Waals surface area contributed by atoms with Crippen molar-refractivity contribution in [3.63, 3.8) is 0 Å². The molecule has 4 unspecified atom stereocenters. The zero-order valence-corrected chi connectivity index (χ0v) is 12.8. The van der Waals surface area contributed by atoms with Crippen molar-refractivity contribution in [2.45, 2.75) is 57.4 Å². The number of hydrogen-bond donors (Lipinski definition) is 3. The van der Waals surface area contributed by atoms with E-state index < -0.39 is 29.0 Å². The Morgan fingerprint density at radius 3 is 2.52 bits per heavy atom. The summed E-state index contributed by atoms with van der Waals surface area (Å²) in [5, 5.41) is 9.72. The number of β-amino-alcohol motifs (C(OH)–C–C–N with tert-alkyl or cyclic N) is 1. The number of rotatable bonds is 4. The van der Waals surface area contributed by atoms with E-state index in [2.05, 4.69) is 0 Å². The van der Waals surface area contributed by atoms with Gasteiger partial charge in [-0.3, -0.25) is 9.59 Å². The molecule has 0 aromatic carbocycles. The highest BCUT2D eigenvalue weighted by Gasteiger charge is 2.64. The second-order valence-electron chi connectivity index (χ2n) is 6.61. The average Bonchev–Trinajstić information content (AvgIpc) is 2.79. The molecule has 7 nitrogen and oxygen atoms in total. The monoisotopic (exact) mass is 299 g/mol. The number of aliphatic hydroxyl groups excluding tert-OH is 1. The summed E-state index contributed by atoms with van der Waals surface area (Å²) < 4.78 is 5.60. The van der Waals surface area contributed by atoms with Gasteiger partial charge in [-0.15, -0.1) is 0 Å². The maximum atomic E-state index is 12.8. The predicted molar refractivity (Wildman–Crippen MR) is 76.0 cm³/mol. The van der Waals surface area contributed by atoms with E-state index in [1.165, 1.54) is 4.90 Å². The van der Waals surface area contributed by atoms with E-state index >= 15 is 0 Å². The molecule has 0 radical (unpaired) electrons. The lowest BCUT2D eigenvalue weighted by molar-refractivity contribution is -0.180. The maximum Gasteiger partial charge on any atom is 0.244 e. The number of likely N-dealkylation sites (tertiary alicyclic amines) is 1. The van der Waals surface area contributed by atoms with Gasteiger partial charge in [0.25, 0.3) is 0 Å². The Labute approximate surface area is 124 Å². The van der Waals surface area contributed by atoms with Crippen LogP contribution in [-0.2, 0) is 14.3 Å². The zero-order chi connectivity index (χ0) is 16.0. The molecule has 1 heterocycles. The van der Waals surface area contributed by atoms with Crippen molar-refractivity contribution >= 4 is 11.8 Å². The molecule has 0 spiro atoms. The highest BCUT2D eigenvalue weighted by molar-refractivity contribution is 5.93. The molecule has 1 aliphatic heterocycles. The molecule has 2 rings (SSSR count). The standard InChI is InChI=1S/C14H25N3O4/c1-4-21-10-6-14(16,13(10,2)3)12(20)17-7-8(18)5-9(17)11(15)19/h8-10,18H,4-7,16H2,1-3H3,(H2,15,19). The molecule has 120 valence electrons. The van der Waals surface area contributed by atoms with Gasteiger partial charge in [0.05, 0.1) is 12.2 Å². The van der Waals surface area contributed by atoms with Crippen molar-refractivity contribution in [2.75, 3.05) is 13.2 Å². The van der Waals surface area contributed by atoms with Crippen LogP contribution in [0, 0.1) is 5.41 Å². The van der Waals surface area contributed by atoms with Gasteiger partial charge in [-0.2, -0.15) is 0 Å². The van der Waals surface area contributed by atoms with Gasteiger partial charge in [0.1, 0.15) is 11.6 Å². The first-order valence-electron chi connectivity index (χ1n) is 7.34. The molecule has 1 aliphatic carbocycles. The molecule has 5 N–H and O–H groups in total. The predicted octanol–water partition coefficient (Wildman–Crippen LogP) is -1.03. The summed E-state index contributed by atoms with van der Waals surface area (Å²) in [4.78, 5) is 25.6. The van der Waals surface area contributed by atoms with E-state index in [1.54, 1.807) is 0 Å². The third kappa shape index (κ3) is 2.33. The summed E-state index contributed by atoms with van der Waals surface area (Å²) >= 11 is 0. The second kappa shape index (κ2) is 5.23. The van der Waals surface area contributed by atoms with Gasteiger partial charge in [0.2, 0.25) is 11.8 Å². The number of primary amides is 1. The molecule has 0 bridgehead atoms. The van der Waals surface area contributed by atoms with Crippen LogP contribution in [0.3, 0.4) is 0 Å². The van der Waals surface area contributed by atoms with Crippen LogP contribution in [0.1, 0.15) is 33.6 Å². The molecule has 1 saturated carbocycles. The maximum absolute atomic E-state index is 12.8. The summed E-state index contributed by atoms with van der Waals surface area (Å²) in [6, 6.07) is -0.783. The number of ether oxygens (including phenoxy) is 1. The first-order chi connectivity index (χ1) is 9.65. The fourth-order valence-corrected chi connectivity index (χ4v) is 3.36. The number of aliphatic hydroxyl groups is 1. The number of hydrogen-bond acceptors (Lipinski definition) is 5. The van der Waals surface area contributed by atoms with E-state index in [-0.39, 0.29) is 25.0 Å². The van der Waals surface area contributed by atoms with Crippen molar-refractivity contribution in [3.05, 3.63) is 0 Å². The number of carbonyl (C=O) groups is 2. The van der Waals surface area contributed by atoms with E-state index in [1.807, 2.05) is 20.8 Å². The van der Waals surface area contributed by atoms with Crippen molar-refractivity contribution in [3.8, 4) is 0 Å². The van der Waals surface area contributed by atoms with Crippen molar-refractivity contribution in [1.82, 2.24) is 4.90 Å². The van der Waals surface area contributed by atoms with Gasteiger partial charge >= 0.3 is 0 Å². The zero-order valence-electron chi connectivity index (χ0n) is 12.8. The summed E-state index contributed by atoms with van der Waals surface area (Å²) in [6.07, 6.45) is -0.242. The molecular weight excluding hydrogens is 274 g/mol. The van der Waals surface area contributed by atoms with Crippen LogP contribution >= 0.6 is 0 Å². The average molecular weight is 299 g/mol. The molecule has 2 aliphatic rings. The molecule has 21 heavy (non-hydrogen) atoms. The lowest BCUT2D eigenvalue weighted by Gasteiger charge is -2.58. The molecule has 0 aromatic heterocycles. The summed E-state index contributed by atoms with van der Waals surface area (Å²) in [6.45, 7) is 6.33. The van der Waals surface area contributed by atoms with Gasteiger partial charge in [-0.25, -0.2) is 0 Å². The summed E-state index contributed by atoms with van der Waals surface area (Å²) in [7, 11) is 0. The van der Waals surface area contributed by atoms with E-state index in [9.17, 15) is 14.7 Å². The van der Waals surface area contributed by atoms with Gasteiger partial charge < -0.3 is 26.2 Å². The molecule has 2 amide bonds. The fourth-order valence-electron chi connectivity index (χ4n) is 3.36. The van der Waals surface area contributed by atoms with Crippen LogP contribution < -0.4 is 11.5 Å². The minimum Gasteiger partial charge on any atom is -0.391 e. The number of nitrogens with zero attached hydrogens (tertiary/aromatic N) is 1. The Morgan fingerprint density at radius 1 is 1.43 bits per heavy atom. The van der Waals surface area contributed by atoms with Crippen molar-refractivity contribution in [1.29, 1.82) is 0 Å². The van der Waals surface area contributed by atoms with E-state index in [0.29, 0.717) is 13.0 Å². The first kappa shape index (κ1) is 16.2.